The highest BCUT2D eigenvalue weighted by molar-refractivity contribution is 7.99. The van der Waals surface area contributed by atoms with Gasteiger partial charge in [-0.1, -0.05) is 0 Å². The third kappa shape index (κ3) is 3.54. The minimum absolute atomic E-state index is 0.0411. The van der Waals surface area contributed by atoms with E-state index < -0.39 is 11.7 Å². The molecule has 0 spiro atoms. The van der Waals surface area contributed by atoms with Crippen molar-refractivity contribution in [3.63, 3.8) is 0 Å². The number of pyridine rings is 1. The van der Waals surface area contributed by atoms with Gasteiger partial charge in [-0.2, -0.15) is 13.2 Å². The molecule has 1 fully saturated rings. The van der Waals surface area contributed by atoms with E-state index in [4.69, 9.17) is 4.74 Å². The summed E-state index contributed by atoms with van der Waals surface area (Å²) in [7, 11) is 1.55. The summed E-state index contributed by atoms with van der Waals surface area (Å²) in [5.41, 5.74) is -0.680. The molecule has 2 unspecified atom stereocenters. The Labute approximate surface area is 113 Å². The molecule has 7 heteroatoms. The third-order valence-corrected chi connectivity index (χ3v) is 4.34. The van der Waals surface area contributed by atoms with Crippen molar-refractivity contribution in [3.8, 4) is 0 Å². The molecule has 2 rings (SSSR count). The summed E-state index contributed by atoms with van der Waals surface area (Å²) in [4.78, 5) is 4.16. The quantitative estimate of drug-likeness (QED) is 0.925. The zero-order valence-corrected chi connectivity index (χ0v) is 11.4. The lowest BCUT2D eigenvalue weighted by Gasteiger charge is -2.15. The van der Waals surface area contributed by atoms with E-state index in [1.54, 1.807) is 7.05 Å². The Kier molecular flexibility index (Phi) is 4.25. The molecular weight excluding hydrogens is 277 g/mol. The standard InChI is InChI=1S/C12H15F3N2OS/c1-7-9(3-4-18-7)19-11-6-8(12(13,14)15)5-10(16-2)17-11/h5-7,9H,3-4H2,1-2H3,(H,16,17). The smallest absolute Gasteiger partial charge is 0.377 e. The first kappa shape index (κ1) is 14.5. The topological polar surface area (TPSA) is 34.1 Å². The molecule has 0 saturated carbocycles. The predicted molar refractivity (Wildman–Crippen MR) is 68.5 cm³/mol. The van der Waals surface area contributed by atoms with E-state index >= 15 is 0 Å². The fraction of sp³-hybridized carbons (Fsp3) is 0.583. The molecule has 1 N–H and O–H groups in total. The number of hydrogen-bond acceptors (Lipinski definition) is 4. The maximum atomic E-state index is 12.8. The maximum absolute atomic E-state index is 12.8. The average molecular weight is 292 g/mol. The van der Waals surface area contributed by atoms with Crippen LogP contribution in [0, 0.1) is 0 Å². The summed E-state index contributed by atoms with van der Waals surface area (Å²) in [6.07, 6.45) is -3.49. The van der Waals surface area contributed by atoms with Crippen LogP contribution in [0.3, 0.4) is 0 Å². The summed E-state index contributed by atoms with van der Waals surface area (Å²) in [6, 6.07) is 2.11. The monoisotopic (exact) mass is 292 g/mol. The molecule has 0 aromatic carbocycles. The molecule has 1 aromatic rings. The molecule has 3 nitrogen and oxygen atoms in total. The van der Waals surface area contributed by atoms with E-state index in [9.17, 15) is 13.2 Å². The van der Waals surface area contributed by atoms with E-state index in [2.05, 4.69) is 10.3 Å². The van der Waals surface area contributed by atoms with Gasteiger partial charge in [0.25, 0.3) is 0 Å². The number of nitrogens with zero attached hydrogens (tertiary/aromatic N) is 1. The van der Waals surface area contributed by atoms with E-state index in [1.165, 1.54) is 11.8 Å². The Balaban J connectivity index is 2.24. The third-order valence-electron chi connectivity index (χ3n) is 2.96. The molecule has 2 heterocycles. The molecule has 2 atom stereocenters. The van der Waals surface area contributed by atoms with Crippen LogP contribution in [0.15, 0.2) is 17.2 Å². The molecular formula is C12H15F3N2OS. The fourth-order valence-electron chi connectivity index (χ4n) is 1.88. The minimum Gasteiger partial charge on any atom is -0.377 e. The van der Waals surface area contributed by atoms with Crippen LogP contribution in [-0.4, -0.2) is 30.0 Å². The number of hydrogen-bond donors (Lipinski definition) is 1. The number of nitrogens with one attached hydrogen (secondary N) is 1. The molecule has 0 bridgehead atoms. The Hall–Kier alpha value is -0.950. The van der Waals surface area contributed by atoms with E-state index in [0.717, 1.165) is 18.6 Å². The minimum atomic E-state index is -4.36. The molecule has 0 radical (unpaired) electrons. The van der Waals surface area contributed by atoms with Gasteiger partial charge in [-0.05, 0) is 25.5 Å². The van der Waals surface area contributed by atoms with Crippen molar-refractivity contribution >= 4 is 17.6 Å². The van der Waals surface area contributed by atoms with Gasteiger partial charge in [-0.25, -0.2) is 4.98 Å². The van der Waals surface area contributed by atoms with Crippen LogP contribution in [0.1, 0.15) is 18.9 Å². The van der Waals surface area contributed by atoms with Crippen LogP contribution < -0.4 is 5.32 Å². The lowest BCUT2D eigenvalue weighted by molar-refractivity contribution is -0.137. The number of thioether (sulfide) groups is 1. The maximum Gasteiger partial charge on any atom is 0.416 e. The lowest BCUT2D eigenvalue weighted by Crippen LogP contribution is -2.14. The summed E-state index contributed by atoms with van der Waals surface area (Å²) in [5.74, 6) is 0.226. The van der Waals surface area contributed by atoms with Gasteiger partial charge in [0, 0.05) is 18.9 Å². The van der Waals surface area contributed by atoms with Gasteiger partial charge in [-0.15, -0.1) is 11.8 Å². The highest BCUT2D eigenvalue weighted by Crippen LogP contribution is 2.36. The fourth-order valence-corrected chi connectivity index (χ4v) is 3.02. The van der Waals surface area contributed by atoms with Crippen LogP contribution in [0.25, 0.3) is 0 Å². The van der Waals surface area contributed by atoms with Crippen LogP contribution in [-0.2, 0) is 10.9 Å². The number of alkyl halides is 3. The summed E-state index contributed by atoms with van der Waals surface area (Å²) in [5, 5.41) is 3.19. The average Bonchev–Trinajstić information content (AvgIpc) is 2.73. The van der Waals surface area contributed by atoms with Gasteiger partial charge in [-0.3, -0.25) is 0 Å². The zero-order chi connectivity index (χ0) is 14.0. The molecule has 1 aromatic heterocycles. The van der Waals surface area contributed by atoms with Crippen molar-refractivity contribution in [3.05, 3.63) is 17.7 Å². The highest BCUT2D eigenvalue weighted by Gasteiger charge is 2.32. The molecule has 0 aliphatic carbocycles. The summed E-state index contributed by atoms with van der Waals surface area (Å²) in [6.45, 7) is 2.58. The second kappa shape index (κ2) is 5.58. The number of aromatic nitrogens is 1. The van der Waals surface area contributed by atoms with Crippen molar-refractivity contribution in [1.29, 1.82) is 0 Å². The number of ether oxygens (including phenoxy) is 1. The van der Waals surface area contributed by atoms with E-state index in [1.807, 2.05) is 6.92 Å². The molecule has 0 amide bonds. The summed E-state index contributed by atoms with van der Waals surface area (Å²) < 4.78 is 43.8. The first-order valence-electron chi connectivity index (χ1n) is 5.95. The number of anilines is 1. The van der Waals surface area contributed by atoms with Crippen molar-refractivity contribution in [2.75, 3.05) is 19.0 Å². The van der Waals surface area contributed by atoms with Crippen LogP contribution in [0.4, 0.5) is 19.0 Å². The first-order chi connectivity index (χ1) is 8.90. The predicted octanol–water partition coefficient (Wildman–Crippen LogP) is 3.41. The molecule has 1 saturated heterocycles. The number of rotatable bonds is 3. The van der Waals surface area contributed by atoms with Crippen molar-refractivity contribution in [1.82, 2.24) is 4.98 Å². The SMILES string of the molecule is CNc1cc(C(F)(F)F)cc(SC2CCOC2C)n1. The van der Waals surface area contributed by atoms with Crippen LogP contribution in [0.5, 0.6) is 0 Å². The lowest BCUT2D eigenvalue weighted by atomic mass is 10.2. The van der Waals surface area contributed by atoms with Crippen molar-refractivity contribution < 1.29 is 17.9 Å². The van der Waals surface area contributed by atoms with Gasteiger partial charge in [0.2, 0.25) is 0 Å². The molecule has 1 aliphatic heterocycles. The van der Waals surface area contributed by atoms with Crippen LogP contribution in [0.2, 0.25) is 0 Å². The second-order valence-electron chi connectivity index (χ2n) is 4.35. The largest absolute Gasteiger partial charge is 0.416 e. The first-order valence-corrected chi connectivity index (χ1v) is 6.83. The second-order valence-corrected chi connectivity index (χ2v) is 5.61. The van der Waals surface area contributed by atoms with Gasteiger partial charge < -0.3 is 10.1 Å². The Morgan fingerprint density at radius 3 is 2.68 bits per heavy atom. The van der Waals surface area contributed by atoms with Gasteiger partial charge in [0.1, 0.15) is 5.82 Å². The van der Waals surface area contributed by atoms with Gasteiger partial charge in [0.05, 0.1) is 16.7 Å². The van der Waals surface area contributed by atoms with Gasteiger partial charge in [0.15, 0.2) is 0 Å². The van der Waals surface area contributed by atoms with Crippen molar-refractivity contribution in [2.24, 2.45) is 0 Å². The van der Waals surface area contributed by atoms with E-state index in [0.29, 0.717) is 11.6 Å². The number of halogens is 3. The molecule has 19 heavy (non-hydrogen) atoms. The van der Waals surface area contributed by atoms with Gasteiger partial charge >= 0.3 is 6.18 Å². The normalized spacial score (nSPS) is 23.6. The zero-order valence-electron chi connectivity index (χ0n) is 10.6. The Bertz CT molecular complexity index is 453. The van der Waals surface area contributed by atoms with E-state index in [-0.39, 0.29) is 17.2 Å². The Morgan fingerprint density at radius 2 is 2.16 bits per heavy atom. The van der Waals surface area contributed by atoms with Crippen LogP contribution >= 0.6 is 11.8 Å². The van der Waals surface area contributed by atoms with Crippen molar-refractivity contribution in [2.45, 2.75) is 35.9 Å². The highest BCUT2D eigenvalue weighted by atomic mass is 32.2. The molecule has 1 aliphatic rings. The Morgan fingerprint density at radius 1 is 1.42 bits per heavy atom. The molecule has 106 valence electrons. The summed E-state index contributed by atoms with van der Waals surface area (Å²) >= 11 is 1.34.